The Kier molecular flexibility index (Phi) is 4.20. The third-order valence-corrected chi connectivity index (χ3v) is 2.54. The molecule has 0 bridgehead atoms. The van der Waals surface area contributed by atoms with E-state index in [1.54, 1.807) is 0 Å². The molecule has 1 aromatic carbocycles. The van der Waals surface area contributed by atoms with E-state index in [-0.39, 0.29) is 11.8 Å². The van der Waals surface area contributed by atoms with Crippen molar-refractivity contribution in [2.24, 2.45) is 5.41 Å². The molecule has 1 aromatic rings. The molecule has 0 aliphatic rings. The van der Waals surface area contributed by atoms with Gasteiger partial charge in [-0.1, -0.05) is 20.8 Å². The minimum absolute atomic E-state index is 0.0338. The zero-order valence-corrected chi connectivity index (χ0v) is 10.2. The summed E-state index contributed by atoms with van der Waals surface area (Å²) in [6.45, 7) is 5.91. The molecular formula is C13H17F3O. The summed E-state index contributed by atoms with van der Waals surface area (Å²) in [5.74, 6) is -3.06. The van der Waals surface area contributed by atoms with Gasteiger partial charge in [0.25, 0.3) is 0 Å². The van der Waals surface area contributed by atoms with E-state index >= 15 is 0 Å². The van der Waals surface area contributed by atoms with Crippen LogP contribution >= 0.6 is 0 Å². The Hall–Kier alpha value is -1.03. The highest BCUT2D eigenvalue weighted by Gasteiger charge is 2.21. The van der Waals surface area contributed by atoms with Gasteiger partial charge in [-0.2, -0.15) is 0 Å². The molecule has 17 heavy (non-hydrogen) atoms. The van der Waals surface area contributed by atoms with Crippen molar-refractivity contribution in [3.05, 3.63) is 35.1 Å². The average Bonchev–Trinajstić information content (AvgIpc) is 2.11. The van der Waals surface area contributed by atoms with Crippen LogP contribution in [0.1, 0.15) is 45.3 Å². The van der Waals surface area contributed by atoms with Crippen LogP contribution in [-0.2, 0) is 0 Å². The van der Waals surface area contributed by atoms with Crippen LogP contribution in [0.2, 0.25) is 0 Å². The maximum Gasteiger partial charge on any atom is 0.134 e. The lowest BCUT2D eigenvalue weighted by atomic mass is 9.88. The van der Waals surface area contributed by atoms with Crippen LogP contribution in [0.4, 0.5) is 13.2 Å². The van der Waals surface area contributed by atoms with E-state index in [9.17, 15) is 18.3 Å². The van der Waals surface area contributed by atoms with Gasteiger partial charge in [0, 0.05) is 12.1 Å². The summed E-state index contributed by atoms with van der Waals surface area (Å²) in [4.78, 5) is 0. The van der Waals surface area contributed by atoms with Crippen molar-refractivity contribution in [1.29, 1.82) is 0 Å². The standard InChI is InChI=1S/C13H17F3O/c1-13(2,3)5-4-11(17)12-9(15)6-8(14)7-10(12)16/h6-7,11,17H,4-5H2,1-3H3. The first-order valence-corrected chi connectivity index (χ1v) is 5.53. The molecule has 1 rings (SSSR count). The van der Waals surface area contributed by atoms with E-state index in [0.717, 1.165) is 0 Å². The minimum atomic E-state index is -1.24. The fourth-order valence-corrected chi connectivity index (χ4v) is 1.59. The lowest BCUT2D eigenvalue weighted by Gasteiger charge is -2.21. The van der Waals surface area contributed by atoms with Gasteiger partial charge in [-0.25, -0.2) is 13.2 Å². The summed E-state index contributed by atoms with van der Waals surface area (Å²) in [6.07, 6.45) is -0.386. The van der Waals surface area contributed by atoms with Crippen LogP contribution in [0.15, 0.2) is 12.1 Å². The summed E-state index contributed by atoms with van der Waals surface area (Å²) in [6, 6.07) is 1.16. The van der Waals surface area contributed by atoms with Gasteiger partial charge in [0.1, 0.15) is 17.5 Å². The number of halogens is 3. The van der Waals surface area contributed by atoms with Crippen LogP contribution in [0, 0.1) is 22.9 Å². The van der Waals surface area contributed by atoms with Crippen molar-refractivity contribution in [1.82, 2.24) is 0 Å². The van der Waals surface area contributed by atoms with Gasteiger partial charge in [-0.05, 0) is 18.3 Å². The van der Waals surface area contributed by atoms with Crippen molar-refractivity contribution in [2.75, 3.05) is 0 Å². The van der Waals surface area contributed by atoms with E-state index in [4.69, 9.17) is 0 Å². The van der Waals surface area contributed by atoms with Gasteiger partial charge in [-0.3, -0.25) is 0 Å². The van der Waals surface area contributed by atoms with E-state index in [2.05, 4.69) is 0 Å². The SMILES string of the molecule is CC(C)(C)CCC(O)c1c(F)cc(F)cc1F. The van der Waals surface area contributed by atoms with Crippen LogP contribution < -0.4 is 0 Å². The number of rotatable bonds is 3. The molecule has 96 valence electrons. The van der Waals surface area contributed by atoms with Crippen molar-refractivity contribution in [3.8, 4) is 0 Å². The molecule has 0 aliphatic heterocycles. The molecule has 1 atom stereocenters. The smallest absolute Gasteiger partial charge is 0.134 e. The monoisotopic (exact) mass is 246 g/mol. The highest BCUT2D eigenvalue weighted by molar-refractivity contribution is 5.23. The Morgan fingerprint density at radius 2 is 1.59 bits per heavy atom. The molecule has 0 aliphatic carbocycles. The predicted molar refractivity (Wildman–Crippen MR) is 60.0 cm³/mol. The Bertz CT molecular complexity index is 373. The summed E-state index contributed by atoms with van der Waals surface area (Å²) in [5, 5.41) is 9.73. The third-order valence-electron chi connectivity index (χ3n) is 2.54. The first kappa shape index (κ1) is 14.0. The van der Waals surface area contributed by atoms with E-state index in [1.165, 1.54) is 0 Å². The highest BCUT2D eigenvalue weighted by atomic mass is 19.1. The number of benzene rings is 1. The van der Waals surface area contributed by atoms with E-state index < -0.39 is 29.1 Å². The van der Waals surface area contributed by atoms with Crippen LogP contribution in [-0.4, -0.2) is 5.11 Å². The number of hydrogen-bond acceptors (Lipinski definition) is 1. The molecule has 1 N–H and O–H groups in total. The van der Waals surface area contributed by atoms with Crippen LogP contribution in [0.3, 0.4) is 0 Å². The summed E-state index contributed by atoms with van der Waals surface area (Å²) < 4.78 is 39.4. The molecule has 1 unspecified atom stereocenters. The van der Waals surface area contributed by atoms with Crippen molar-refractivity contribution < 1.29 is 18.3 Å². The molecule has 0 saturated carbocycles. The summed E-state index contributed by atoms with van der Waals surface area (Å²) in [7, 11) is 0. The molecular weight excluding hydrogens is 229 g/mol. The van der Waals surface area contributed by atoms with Crippen molar-refractivity contribution in [3.63, 3.8) is 0 Å². The zero-order valence-electron chi connectivity index (χ0n) is 10.2. The molecule has 0 amide bonds. The predicted octanol–water partition coefficient (Wildman–Crippen LogP) is 3.96. The lowest BCUT2D eigenvalue weighted by Crippen LogP contribution is -2.10. The normalized spacial score (nSPS) is 13.8. The minimum Gasteiger partial charge on any atom is -0.388 e. The first-order valence-electron chi connectivity index (χ1n) is 5.53. The maximum atomic E-state index is 13.3. The second-order valence-corrected chi connectivity index (χ2v) is 5.40. The third kappa shape index (κ3) is 4.04. The van der Waals surface area contributed by atoms with E-state index in [1.807, 2.05) is 20.8 Å². The molecule has 1 nitrogen and oxygen atoms in total. The quantitative estimate of drug-likeness (QED) is 0.855. The first-order chi connectivity index (χ1) is 7.70. The topological polar surface area (TPSA) is 20.2 Å². The molecule has 4 heteroatoms. The van der Waals surface area contributed by atoms with Crippen LogP contribution in [0.25, 0.3) is 0 Å². The van der Waals surface area contributed by atoms with Gasteiger partial charge in [0.15, 0.2) is 0 Å². The Morgan fingerprint density at radius 1 is 1.12 bits per heavy atom. The molecule has 0 spiro atoms. The van der Waals surface area contributed by atoms with Crippen LogP contribution in [0.5, 0.6) is 0 Å². The van der Waals surface area contributed by atoms with Gasteiger partial charge in [-0.15, -0.1) is 0 Å². The molecule has 0 aromatic heterocycles. The number of aliphatic hydroxyl groups is 1. The largest absolute Gasteiger partial charge is 0.388 e. The fraction of sp³-hybridized carbons (Fsp3) is 0.538. The molecule has 0 heterocycles. The van der Waals surface area contributed by atoms with Gasteiger partial charge in [0.05, 0.1) is 11.7 Å². The van der Waals surface area contributed by atoms with Gasteiger partial charge in [0.2, 0.25) is 0 Å². The Morgan fingerprint density at radius 3 is 2.00 bits per heavy atom. The highest BCUT2D eigenvalue weighted by Crippen LogP contribution is 2.30. The lowest BCUT2D eigenvalue weighted by molar-refractivity contribution is 0.139. The Balaban J connectivity index is 2.86. The number of hydrogen-bond donors (Lipinski definition) is 1. The fourth-order valence-electron chi connectivity index (χ4n) is 1.59. The van der Waals surface area contributed by atoms with Gasteiger partial charge < -0.3 is 5.11 Å². The second-order valence-electron chi connectivity index (χ2n) is 5.40. The van der Waals surface area contributed by atoms with Gasteiger partial charge >= 0.3 is 0 Å². The zero-order chi connectivity index (χ0) is 13.2. The second kappa shape index (κ2) is 5.08. The molecule has 0 saturated heterocycles. The maximum absolute atomic E-state index is 13.3. The Labute approximate surface area is 99.3 Å². The van der Waals surface area contributed by atoms with Crippen molar-refractivity contribution in [2.45, 2.75) is 39.7 Å². The van der Waals surface area contributed by atoms with E-state index in [0.29, 0.717) is 18.6 Å². The average molecular weight is 246 g/mol. The van der Waals surface area contributed by atoms with Crippen molar-refractivity contribution >= 4 is 0 Å². The summed E-state index contributed by atoms with van der Waals surface area (Å²) in [5.41, 5.74) is -0.482. The summed E-state index contributed by atoms with van der Waals surface area (Å²) >= 11 is 0. The molecule has 0 radical (unpaired) electrons. The molecule has 0 fully saturated rings. The number of aliphatic hydroxyl groups excluding tert-OH is 1.